The molecule has 2 heterocycles. The van der Waals surface area contributed by atoms with E-state index in [1.807, 2.05) is 24.3 Å². The topological polar surface area (TPSA) is 111 Å². The van der Waals surface area contributed by atoms with Crippen LogP contribution >= 0.6 is 0 Å². The third kappa shape index (κ3) is 5.18. The number of carbonyl (C=O) groups excluding carboxylic acids is 1. The van der Waals surface area contributed by atoms with Crippen molar-refractivity contribution in [1.82, 2.24) is 15.1 Å². The molecular formula is C18H19N5O4. The van der Waals surface area contributed by atoms with Crippen molar-refractivity contribution in [3.05, 3.63) is 54.0 Å². The highest BCUT2D eigenvalue weighted by atomic mass is 16.5. The van der Waals surface area contributed by atoms with Gasteiger partial charge in [-0.1, -0.05) is 5.16 Å². The molecule has 1 amide bonds. The normalized spacial score (nSPS) is 10.3. The summed E-state index contributed by atoms with van der Waals surface area (Å²) in [7, 11) is 1.62. The van der Waals surface area contributed by atoms with Crippen molar-refractivity contribution < 1.29 is 18.8 Å². The summed E-state index contributed by atoms with van der Waals surface area (Å²) < 4.78 is 15.6. The van der Waals surface area contributed by atoms with E-state index < -0.39 is 0 Å². The van der Waals surface area contributed by atoms with Crippen LogP contribution in [0.1, 0.15) is 16.1 Å². The van der Waals surface area contributed by atoms with Gasteiger partial charge in [0, 0.05) is 18.5 Å². The zero-order valence-electron chi connectivity index (χ0n) is 14.9. The molecule has 140 valence electrons. The maximum absolute atomic E-state index is 12.1. The van der Waals surface area contributed by atoms with Gasteiger partial charge in [-0.25, -0.2) is 9.97 Å². The summed E-state index contributed by atoms with van der Waals surface area (Å²) in [6.45, 7) is 2.68. The monoisotopic (exact) mass is 369 g/mol. The lowest BCUT2D eigenvalue weighted by Gasteiger charge is -2.08. The molecule has 0 aliphatic carbocycles. The number of rotatable bonds is 8. The molecule has 1 aromatic carbocycles. The van der Waals surface area contributed by atoms with Crippen LogP contribution in [0.4, 0.5) is 11.8 Å². The van der Waals surface area contributed by atoms with Gasteiger partial charge < -0.3 is 24.6 Å². The maximum atomic E-state index is 12.1. The number of methoxy groups -OCH3 is 1. The lowest BCUT2D eigenvalue weighted by Crippen LogP contribution is -2.15. The van der Waals surface area contributed by atoms with E-state index in [-0.39, 0.29) is 5.91 Å². The van der Waals surface area contributed by atoms with Gasteiger partial charge in [0.2, 0.25) is 5.95 Å². The number of aryl methyl sites for hydroxylation is 1. The van der Waals surface area contributed by atoms with Crippen LogP contribution in [0.3, 0.4) is 0 Å². The second kappa shape index (κ2) is 8.65. The Morgan fingerprint density at radius 3 is 2.48 bits per heavy atom. The van der Waals surface area contributed by atoms with Gasteiger partial charge in [-0.3, -0.25) is 4.79 Å². The molecule has 9 nitrogen and oxygen atoms in total. The Labute approximate surface area is 155 Å². The first kappa shape index (κ1) is 18.2. The van der Waals surface area contributed by atoms with Gasteiger partial charge in [0.1, 0.15) is 23.9 Å². The number of hydrogen-bond acceptors (Lipinski definition) is 8. The molecule has 0 unspecified atom stereocenters. The van der Waals surface area contributed by atoms with Crippen molar-refractivity contribution in [3.8, 4) is 11.5 Å². The van der Waals surface area contributed by atoms with E-state index >= 15 is 0 Å². The number of benzene rings is 1. The number of nitrogens with one attached hydrogen (secondary N) is 2. The molecule has 0 aliphatic rings. The second-order valence-corrected chi connectivity index (χ2v) is 5.52. The number of hydrogen-bond donors (Lipinski definition) is 2. The summed E-state index contributed by atoms with van der Waals surface area (Å²) in [4.78, 5) is 20.3. The first-order valence-electron chi connectivity index (χ1n) is 8.21. The lowest BCUT2D eigenvalue weighted by molar-refractivity contribution is 0.102. The zero-order valence-corrected chi connectivity index (χ0v) is 14.9. The summed E-state index contributed by atoms with van der Waals surface area (Å²) in [5.41, 5.74) is 0.315. The number of anilines is 2. The molecule has 0 atom stereocenters. The maximum Gasteiger partial charge on any atom is 0.260 e. The summed E-state index contributed by atoms with van der Waals surface area (Å²) in [6.07, 6.45) is 2.86. The molecule has 2 N–H and O–H groups in total. The quantitative estimate of drug-likeness (QED) is 0.583. The Bertz CT molecular complexity index is 878. The van der Waals surface area contributed by atoms with Crippen molar-refractivity contribution in [1.29, 1.82) is 0 Å². The van der Waals surface area contributed by atoms with Crippen LogP contribution in [0.2, 0.25) is 0 Å². The smallest absolute Gasteiger partial charge is 0.260 e. The first-order valence-corrected chi connectivity index (χ1v) is 8.21. The second-order valence-electron chi connectivity index (χ2n) is 5.52. The van der Waals surface area contributed by atoms with E-state index in [4.69, 9.17) is 14.0 Å². The van der Waals surface area contributed by atoms with Crippen LogP contribution in [0.5, 0.6) is 11.5 Å². The van der Waals surface area contributed by atoms with Gasteiger partial charge in [-0.05, 0) is 31.2 Å². The van der Waals surface area contributed by atoms with Crippen molar-refractivity contribution in [2.75, 3.05) is 30.9 Å². The number of amides is 1. The highest BCUT2D eigenvalue weighted by molar-refractivity contribution is 6.03. The van der Waals surface area contributed by atoms with E-state index in [0.717, 1.165) is 11.5 Å². The van der Waals surface area contributed by atoms with E-state index in [9.17, 15) is 4.79 Å². The van der Waals surface area contributed by atoms with Crippen LogP contribution in [0, 0.1) is 6.92 Å². The minimum absolute atomic E-state index is 0.315. The first-order chi connectivity index (χ1) is 13.1. The van der Waals surface area contributed by atoms with Crippen molar-refractivity contribution in [3.63, 3.8) is 0 Å². The fraction of sp³-hybridized carbons (Fsp3) is 0.222. The number of carbonyl (C=O) groups is 1. The third-order valence-electron chi connectivity index (χ3n) is 3.50. The molecule has 0 spiro atoms. The molecule has 0 saturated carbocycles. The standard InChI is InChI=1S/C18H19N5O4/c1-12-9-16(23-27-12)22-17(24)13-10-20-18(21-11-13)19-7-8-26-15-5-3-14(25-2)4-6-15/h3-6,9-11H,7-8H2,1-2H3,(H,19,20,21)(H,22,23,24). The van der Waals surface area contributed by atoms with Gasteiger partial charge in [-0.15, -0.1) is 0 Å². The Balaban J connectivity index is 1.43. The van der Waals surface area contributed by atoms with E-state index in [0.29, 0.717) is 36.2 Å². The van der Waals surface area contributed by atoms with E-state index in [2.05, 4.69) is 25.8 Å². The predicted octanol–water partition coefficient (Wildman–Crippen LogP) is 2.52. The number of ether oxygens (including phenoxy) is 2. The summed E-state index contributed by atoms with van der Waals surface area (Å²) in [5.74, 6) is 2.51. The summed E-state index contributed by atoms with van der Waals surface area (Å²) >= 11 is 0. The molecule has 27 heavy (non-hydrogen) atoms. The van der Waals surface area contributed by atoms with E-state index in [1.165, 1.54) is 12.4 Å². The number of nitrogens with zero attached hydrogens (tertiary/aromatic N) is 3. The average Bonchev–Trinajstić information content (AvgIpc) is 3.10. The van der Waals surface area contributed by atoms with Crippen LogP contribution in [-0.4, -0.2) is 41.3 Å². The average molecular weight is 369 g/mol. The van der Waals surface area contributed by atoms with Crippen molar-refractivity contribution >= 4 is 17.7 Å². The molecule has 9 heteroatoms. The van der Waals surface area contributed by atoms with E-state index in [1.54, 1.807) is 20.1 Å². The van der Waals surface area contributed by atoms with Gasteiger partial charge in [0.25, 0.3) is 5.91 Å². The largest absolute Gasteiger partial charge is 0.497 e. The van der Waals surface area contributed by atoms with Crippen LogP contribution in [0.15, 0.2) is 47.2 Å². The third-order valence-corrected chi connectivity index (χ3v) is 3.50. The molecular weight excluding hydrogens is 350 g/mol. The Morgan fingerprint density at radius 2 is 1.85 bits per heavy atom. The fourth-order valence-corrected chi connectivity index (χ4v) is 2.15. The van der Waals surface area contributed by atoms with Gasteiger partial charge in [0.05, 0.1) is 19.2 Å². The van der Waals surface area contributed by atoms with Crippen LogP contribution in [-0.2, 0) is 0 Å². The zero-order chi connectivity index (χ0) is 19.1. The Morgan fingerprint density at radius 1 is 1.15 bits per heavy atom. The van der Waals surface area contributed by atoms with Gasteiger partial charge >= 0.3 is 0 Å². The van der Waals surface area contributed by atoms with Crippen LogP contribution in [0.25, 0.3) is 0 Å². The minimum atomic E-state index is -0.363. The molecule has 2 aromatic heterocycles. The van der Waals surface area contributed by atoms with Crippen molar-refractivity contribution in [2.24, 2.45) is 0 Å². The fourth-order valence-electron chi connectivity index (χ4n) is 2.15. The molecule has 0 aliphatic heterocycles. The predicted molar refractivity (Wildman–Crippen MR) is 98.2 cm³/mol. The molecule has 3 rings (SSSR count). The molecule has 0 saturated heterocycles. The Kier molecular flexibility index (Phi) is 5.83. The molecule has 0 fully saturated rings. The molecule has 0 radical (unpaired) electrons. The SMILES string of the molecule is COc1ccc(OCCNc2ncc(C(=O)Nc3cc(C)on3)cn2)cc1. The molecule has 3 aromatic rings. The Hall–Kier alpha value is -3.62. The molecule has 0 bridgehead atoms. The minimum Gasteiger partial charge on any atom is -0.497 e. The summed E-state index contributed by atoms with van der Waals surface area (Å²) in [6, 6.07) is 8.95. The van der Waals surface area contributed by atoms with Crippen molar-refractivity contribution in [2.45, 2.75) is 6.92 Å². The lowest BCUT2D eigenvalue weighted by atomic mass is 10.3. The highest BCUT2D eigenvalue weighted by Gasteiger charge is 2.10. The van der Waals surface area contributed by atoms with Gasteiger partial charge in [-0.2, -0.15) is 0 Å². The number of aromatic nitrogens is 3. The summed E-state index contributed by atoms with van der Waals surface area (Å²) in [5, 5.41) is 9.33. The van der Waals surface area contributed by atoms with Crippen LogP contribution < -0.4 is 20.1 Å². The highest BCUT2D eigenvalue weighted by Crippen LogP contribution is 2.16. The van der Waals surface area contributed by atoms with Gasteiger partial charge in [0.15, 0.2) is 5.82 Å².